The summed E-state index contributed by atoms with van der Waals surface area (Å²) in [5.41, 5.74) is 1.23. The Balaban J connectivity index is 2.04. The van der Waals surface area contributed by atoms with Gasteiger partial charge in [-0.25, -0.2) is 4.39 Å². The van der Waals surface area contributed by atoms with E-state index in [1.165, 1.54) is 19.2 Å². The number of nitrogens with zero attached hydrogens (tertiary/aromatic N) is 2. The van der Waals surface area contributed by atoms with E-state index < -0.39 is 7.05 Å². The second-order valence-corrected chi connectivity index (χ2v) is 5.34. The van der Waals surface area contributed by atoms with Crippen molar-refractivity contribution in [2.75, 3.05) is 20.2 Å². The maximum absolute atomic E-state index is 13.0. The highest BCUT2D eigenvalue weighted by Gasteiger charge is 2.22. The summed E-state index contributed by atoms with van der Waals surface area (Å²) in [5, 5.41) is 13.5. The van der Waals surface area contributed by atoms with Crippen LogP contribution in [0.2, 0.25) is 6.82 Å². The molecule has 0 spiro atoms. The molecule has 2 rings (SSSR count). The first kappa shape index (κ1) is 16.5. The molecule has 1 aromatic rings. The predicted molar refractivity (Wildman–Crippen MR) is 85.9 cm³/mol. The van der Waals surface area contributed by atoms with Gasteiger partial charge in [-0.15, -0.1) is 0 Å². The van der Waals surface area contributed by atoms with Crippen LogP contribution in [-0.2, 0) is 4.84 Å². The minimum atomic E-state index is -0.404. The normalized spacial score (nSPS) is 16.8. The molecule has 1 N–H and O–H groups in total. The average molecular weight is 302 g/mol. The summed E-state index contributed by atoms with van der Waals surface area (Å²) in [6.07, 6.45) is 1.84. The number of benzene rings is 1. The summed E-state index contributed by atoms with van der Waals surface area (Å²) in [5.74, 6) is 6.24. The van der Waals surface area contributed by atoms with Crippen molar-refractivity contribution in [1.29, 1.82) is 0 Å². The zero-order valence-corrected chi connectivity index (χ0v) is 12.9. The monoisotopic (exact) mass is 302 g/mol. The SMILES string of the molecule is CON=C(C#CC1CCN(B(C)O)CC1)c1ccc(F)cc1. The third-order valence-corrected chi connectivity index (χ3v) is 3.75. The highest BCUT2D eigenvalue weighted by Crippen LogP contribution is 2.16. The van der Waals surface area contributed by atoms with E-state index in [1.807, 2.05) is 4.81 Å². The second kappa shape index (κ2) is 7.97. The fourth-order valence-electron chi connectivity index (χ4n) is 2.43. The van der Waals surface area contributed by atoms with Gasteiger partial charge in [-0.3, -0.25) is 0 Å². The van der Waals surface area contributed by atoms with Crippen molar-refractivity contribution >= 4 is 12.8 Å². The van der Waals surface area contributed by atoms with E-state index in [0.717, 1.165) is 31.5 Å². The van der Waals surface area contributed by atoms with Crippen molar-refractivity contribution < 1.29 is 14.3 Å². The van der Waals surface area contributed by atoms with Gasteiger partial charge in [0, 0.05) is 11.5 Å². The van der Waals surface area contributed by atoms with Crippen LogP contribution in [0.1, 0.15) is 18.4 Å². The van der Waals surface area contributed by atoms with E-state index in [4.69, 9.17) is 4.84 Å². The average Bonchev–Trinajstić information content (AvgIpc) is 2.53. The van der Waals surface area contributed by atoms with Crippen LogP contribution < -0.4 is 0 Å². The van der Waals surface area contributed by atoms with E-state index in [1.54, 1.807) is 19.0 Å². The van der Waals surface area contributed by atoms with Crippen LogP contribution in [-0.4, -0.2) is 42.8 Å². The summed E-state index contributed by atoms with van der Waals surface area (Å²) >= 11 is 0. The van der Waals surface area contributed by atoms with Crippen LogP contribution in [0.15, 0.2) is 29.4 Å². The van der Waals surface area contributed by atoms with Crippen molar-refractivity contribution in [2.45, 2.75) is 19.7 Å². The minimum absolute atomic E-state index is 0.275. The third kappa shape index (κ3) is 4.59. The van der Waals surface area contributed by atoms with Crippen LogP contribution in [0.25, 0.3) is 0 Å². The van der Waals surface area contributed by atoms with Crippen LogP contribution in [0.5, 0.6) is 0 Å². The van der Waals surface area contributed by atoms with Crippen LogP contribution >= 0.6 is 0 Å². The lowest BCUT2D eigenvalue weighted by Crippen LogP contribution is -2.42. The number of hydrogen-bond acceptors (Lipinski definition) is 4. The lowest BCUT2D eigenvalue weighted by Gasteiger charge is -2.30. The molecule has 1 fully saturated rings. The van der Waals surface area contributed by atoms with Gasteiger partial charge in [0.1, 0.15) is 12.9 Å². The molecule has 1 aromatic carbocycles. The van der Waals surface area contributed by atoms with Gasteiger partial charge >= 0.3 is 7.05 Å². The largest absolute Gasteiger partial charge is 0.437 e. The molecule has 0 aliphatic carbocycles. The molecule has 6 heteroatoms. The fourth-order valence-corrected chi connectivity index (χ4v) is 2.43. The topological polar surface area (TPSA) is 45.1 Å². The third-order valence-electron chi connectivity index (χ3n) is 3.75. The molecule has 0 bridgehead atoms. The van der Waals surface area contributed by atoms with Gasteiger partial charge in [-0.2, -0.15) is 0 Å². The molecular formula is C16H20BFN2O2. The smallest absolute Gasteiger partial charge is 0.376 e. The number of halogens is 1. The molecule has 0 atom stereocenters. The molecule has 0 aromatic heterocycles. The van der Waals surface area contributed by atoms with E-state index in [2.05, 4.69) is 17.0 Å². The van der Waals surface area contributed by atoms with Gasteiger partial charge in [0.05, 0.1) is 0 Å². The predicted octanol–water partition coefficient (Wildman–Crippen LogP) is 2.00. The quantitative estimate of drug-likeness (QED) is 0.402. The lowest BCUT2D eigenvalue weighted by molar-refractivity contribution is 0.214. The minimum Gasteiger partial charge on any atom is -0.437 e. The van der Waals surface area contributed by atoms with Gasteiger partial charge in [-0.05, 0) is 62.9 Å². The first-order valence-corrected chi connectivity index (χ1v) is 7.41. The summed E-state index contributed by atoms with van der Waals surface area (Å²) < 4.78 is 13.0. The second-order valence-electron chi connectivity index (χ2n) is 5.34. The summed E-state index contributed by atoms with van der Waals surface area (Å²) in [6, 6.07) is 6.03. The molecule has 0 amide bonds. The highest BCUT2D eigenvalue weighted by molar-refractivity contribution is 6.45. The lowest BCUT2D eigenvalue weighted by atomic mass is 9.81. The summed E-state index contributed by atoms with van der Waals surface area (Å²) in [4.78, 5) is 6.86. The van der Waals surface area contributed by atoms with Crippen molar-refractivity contribution in [2.24, 2.45) is 11.1 Å². The number of hydrogen-bond donors (Lipinski definition) is 1. The Labute approximate surface area is 131 Å². The Kier molecular flexibility index (Phi) is 5.99. The van der Waals surface area contributed by atoms with Crippen molar-refractivity contribution in [3.63, 3.8) is 0 Å². The molecule has 22 heavy (non-hydrogen) atoms. The Hall–Kier alpha value is -1.84. The Morgan fingerprint density at radius 2 is 2.00 bits per heavy atom. The molecule has 0 unspecified atom stereocenters. The molecule has 4 nitrogen and oxygen atoms in total. The maximum atomic E-state index is 13.0. The molecule has 0 saturated carbocycles. The van der Waals surface area contributed by atoms with Crippen molar-refractivity contribution in [3.8, 4) is 11.8 Å². The Morgan fingerprint density at radius 3 is 2.55 bits per heavy atom. The molecule has 1 saturated heterocycles. The number of piperidine rings is 1. The van der Waals surface area contributed by atoms with Crippen molar-refractivity contribution in [1.82, 2.24) is 4.81 Å². The van der Waals surface area contributed by atoms with Crippen LogP contribution in [0, 0.1) is 23.6 Å². The molecular weight excluding hydrogens is 282 g/mol. The van der Waals surface area contributed by atoms with Gasteiger partial charge in [0.15, 0.2) is 5.71 Å². The van der Waals surface area contributed by atoms with E-state index in [9.17, 15) is 9.41 Å². The zero-order chi connectivity index (χ0) is 15.9. The van der Waals surface area contributed by atoms with Crippen LogP contribution in [0.3, 0.4) is 0 Å². The molecule has 0 radical (unpaired) electrons. The van der Waals surface area contributed by atoms with E-state index in [0.29, 0.717) is 5.71 Å². The summed E-state index contributed by atoms with van der Waals surface area (Å²) in [6.45, 7) is 3.46. The van der Waals surface area contributed by atoms with E-state index in [-0.39, 0.29) is 11.7 Å². The van der Waals surface area contributed by atoms with Gasteiger partial charge in [0.2, 0.25) is 0 Å². The standard InChI is InChI=1S/C16H20BFN2O2/c1-17(21)20-11-9-13(10-12-20)3-8-16(19-22-2)14-4-6-15(18)7-5-14/h4-7,13,21H,9-12H2,1-2H3. The highest BCUT2D eigenvalue weighted by atomic mass is 19.1. The first-order valence-electron chi connectivity index (χ1n) is 7.41. The number of rotatable bonds is 3. The molecule has 1 aliphatic heterocycles. The molecule has 1 aliphatic rings. The zero-order valence-electron chi connectivity index (χ0n) is 12.9. The van der Waals surface area contributed by atoms with E-state index >= 15 is 0 Å². The summed E-state index contributed by atoms with van der Waals surface area (Å²) in [7, 11) is 1.06. The molecule has 1 heterocycles. The van der Waals surface area contributed by atoms with Gasteiger partial charge < -0.3 is 14.7 Å². The molecule has 116 valence electrons. The van der Waals surface area contributed by atoms with Gasteiger partial charge in [-0.1, -0.05) is 11.1 Å². The number of oxime groups is 1. The maximum Gasteiger partial charge on any atom is 0.376 e. The van der Waals surface area contributed by atoms with Crippen LogP contribution in [0.4, 0.5) is 4.39 Å². The van der Waals surface area contributed by atoms with Crippen molar-refractivity contribution in [3.05, 3.63) is 35.6 Å². The Bertz CT molecular complexity index is 570. The first-order chi connectivity index (χ1) is 10.6. The Morgan fingerprint density at radius 1 is 1.36 bits per heavy atom. The fraction of sp³-hybridized carbons (Fsp3) is 0.438. The van der Waals surface area contributed by atoms with Gasteiger partial charge in [0.25, 0.3) is 0 Å².